The number of ether oxygens (including phenoxy) is 1. The van der Waals surface area contributed by atoms with Crippen LogP contribution in [0.25, 0.3) is 10.9 Å². The van der Waals surface area contributed by atoms with Gasteiger partial charge in [-0.1, -0.05) is 36.0 Å². The number of halogens is 1. The van der Waals surface area contributed by atoms with Crippen LogP contribution in [-0.2, 0) is 13.0 Å². The van der Waals surface area contributed by atoms with Gasteiger partial charge in [0.1, 0.15) is 11.6 Å². The molecule has 1 N–H and O–H groups in total. The summed E-state index contributed by atoms with van der Waals surface area (Å²) in [4.78, 5) is 14.7. The Labute approximate surface area is 184 Å². The number of nitrogens with zero attached hydrogens (tertiary/aromatic N) is 3. The SMILES string of the molecule is COc1ccc(C2c3[nH]c4ccccc4c3CCN2Cc2cnc(SC)nc2)c(F)c1. The second kappa shape index (κ2) is 8.32. The number of rotatable bonds is 5. The molecule has 1 aliphatic heterocycles. The highest BCUT2D eigenvalue weighted by Gasteiger charge is 2.33. The zero-order valence-electron chi connectivity index (χ0n) is 17.4. The van der Waals surface area contributed by atoms with Crippen molar-refractivity contribution in [3.05, 3.63) is 83.1 Å². The Morgan fingerprint density at radius 1 is 1.19 bits per heavy atom. The molecule has 0 saturated carbocycles. The smallest absolute Gasteiger partial charge is 0.187 e. The van der Waals surface area contributed by atoms with E-state index < -0.39 is 0 Å². The van der Waals surface area contributed by atoms with Crippen LogP contribution in [0.3, 0.4) is 0 Å². The predicted octanol–water partition coefficient (Wildman–Crippen LogP) is 4.98. The molecule has 1 atom stereocenters. The van der Waals surface area contributed by atoms with Crippen LogP contribution in [0.1, 0.15) is 28.4 Å². The van der Waals surface area contributed by atoms with Crippen molar-refractivity contribution in [2.45, 2.75) is 24.2 Å². The van der Waals surface area contributed by atoms with Gasteiger partial charge >= 0.3 is 0 Å². The Kier molecular flexibility index (Phi) is 5.38. The van der Waals surface area contributed by atoms with Crippen LogP contribution in [0.15, 0.2) is 60.0 Å². The van der Waals surface area contributed by atoms with Gasteiger partial charge in [-0.2, -0.15) is 0 Å². The highest BCUT2D eigenvalue weighted by atomic mass is 32.2. The summed E-state index contributed by atoms with van der Waals surface area (Å²) < 4.78 is 20.5. The fourth-order valence-corrected chi connectivity index (χ4v) is 4.75. The number of thioether (sulfide) groups is 1. The van der Waals surface area contributed by atoms with E-state index >= 15 is 4.39 Å². The number of nitrogens with one attached hydrogen (secondary N) is 1. The van der Waals surface area contributed by atoms with E-state index in [4.69, 9.17) is 4.74 Å². The normalized spacial score (nSPS) is 16.4. The van der Waals surface area contributed by atoms with Crippen LogP contribution in [0.2, 0.25) is 0 Å². The molecule has 158 valence electrons. The number of benzene rings is 2. The highest BCUT2D eigenvalue weighted by Crippen LogP contribution is 2.40. The number of methoxy groups -OCH3 is 1. The summed E-state index contributed by atoms with van der Waals surface area (Å²) in [5.41, 5.74) is 5.05. The van der Waals surface area contributed by atoms with Gasteiger partial charge in [-0.25, -0.2) is 14.4 Å². The molecule has 0 radical (unpaired) electrons. The molecule has 5 nitrogen and oxygen atoms in total. The van der Waals surface area contributed by atoms with Crippen LogP contribution >= 0.6 is 11.8 Å². The molecule has 1 unspecified atom stereocenters. The number of hydrogen-bond donors (Lipinski definition) is 1. The topological polar surface area (TPSA) is 54.0 Å². The molecule has 31 heavy (non-hydrogen) atoms. The quantitative estimate of drug-likeness (QED) is 0.355. The third kappa shape index (κ3) is 3.68. The Hall–Kier alpha value is -2.90. The van der Waals surface area contributed by atoms with Crippen LogP contribution in [-0.4, -0.2) is 39.8 Å². The van der Waals surface area contributed by atoms with Gasteiger partial charge in [-0.05, 0) is 30.4 Å². The van der Waals surface area contributed by atoms with Crippen molar-refractivity contribution >= 4 is 22.7 Å². The standard InChI is InChI=1S/C24H23FN4OS/c1-30-16-7-8-19(20(25)11-16)23-22-18(17-5-3-4-6-21(17)28-22)9-10-29(23)14-15-12-26-24(31-2)27-13-15/h3-8,11-13,23,28H,9-10,14H2,1-2H3. The van der Waals surface area contributed by atoms with Crippen LogP contribution in [0, 0.1) is 5.82 Å². The second-order valence-corrected chi connectivity index (χ2v) is 8.42. The van der Waals surface area contributed by atoms with E-state index in [1.807, 2.05) is 36.8 Å². The molecule has 2 aromatic carbocycles. The molecule has 2 aromatic heterocycles. The third-order valence-corrected chi connectivity index (χ3v) is 6.46. The Balaban J connectivity index is 1.60. The lowest BCUT2D eigenvalue weighted by Gasteiger charge is -2.36. The number of para-hydroxylation sites is 1. The average molecular weight is 435 g/mol. The molecule has 0 amide bonds. The maximum atomic E-state index is 15.2. The third-order valence-electron chi connectivity index (χ3n) is 5.89. The summed E-state index contributed by atoms with van der Waals surface area (Å²) in [5.74, 6) is 0.247. The van der Waals surface area contributed by atoms with Crippen LogP contribution in [0.5, 0.6) is 5.75 Å². The van der Waals surface area contributed by atoms with E-state index in [2.05, 4.69) is 38.1 Å². The van der Waals surface area contributed by atoms with E-state index in [0.29, 0.717) is 17.9 Å². The molecule has 4 aromatic rings. The van der Waals surface area contributed by atoms with Crippen LogP contribution in [0.4, 0.5) is 4.39 Å². The molecule has 0 fully saturated rings. The molecular formula is C24H23FN4OS. The van der Waals surface area contributed by atoms with Gasteiger partial charge in [0.15, 0.2) is 5.16 Å². The number of hydrogen-bond acceptors (Lipinski definition) is 5. The number of fused-ring (bicyclic) bond motifs is 3. The summed E-state index contributed by atoms with van der Waals surface area (Å²) >= 11 is 1.52. The molecular weight excluding hydrogens is 411 g/mol. The number of H-pyrrole nitrogens is 1. The summed E-state index contributed by atoms with van der Waals surface area (Å²) in [5, 5.41) is 1.96. The summed E-state index contributed by atoms with van der Waals surface area (Å²) in [6.45, 7) is 1.45. The minimum Gasteiger partial charge on any atom is -0.497 e. The Morgan fingerprint density at radius 3 is 2.74 bits per heavy atom. The first-order valence-electron chi connectivity index (χ1n) is 10.2. The fourth-order valence-electron chi connectivity index (χ4n) is 4.43. The van der Waals surface area contributed by atoms with Gasteiger partial charge in [0.25, 0.3) is 0 Å². The lowest BCUT2D eigenvalue weighted by Crippen LogP contribution is -2.36. The van der Waals surface area contributed by atoms with Gasteiger partial charge < -0.3 is 9.72 Å². The summed E-state index contributed by atoms with van der Waals surface area (Å²) in [6.07, 6.45) is 6.58. The first-order chi connectivity index (χ1) is 15.2. The van der Waals surface area contributed by atoms with Crippen molar-refractivity contribution < 1.29 is 9.13 Å². The second-order valence-electron chi connectivity index (χ2n) is 7.65. The van der Waals surface area contributed by atoms with Gasteiger partial charge in [0.2, 0.25) is 0 Å². The van der Waals surface area contributed by atoms with Crippen molar-refractivity contribution in [2.75, 3.05) is 19.9 Å². The van der Waals surface area contributed by atoms with Gasteiger partial charge in [-0.3, -0.25) is 4.90 Å². The van der Waals surface area contributed by atoms with Crippen molar-refractivity contribution in [1.29, 1.82) is 0 Å². The molecule has 0 saturated heterocycles. The zero-order valence-corrected chi connectivity index (χ0v) is 18.2. The largest absolute Gasteiger partial charge is 0.497 e. The highest BCUT2D eigenvalue weighted by molar-refractivity contribution is 7.98. The van der Waals surface area contributed by atoms with Gasteiger partial charge in [0, 0.05) is 59.3 Å². The van der Waals surface area contributed by atoms with E-state index in [1.165, 1.54) is 28.8 Å². The van der Waals surface area contributed by atoms with Crippen molar-refractivity contribution in [2.24, 2.45) is 0 Å². The van der Waals surface area contributed by atoms with Crippen LogP contribution < -0.4 is 4.74 Å². The number of aromatic amines is 1. The van der Waals surface area contributed by atoms with Crippen molar-refractivity contribution in [1.82, 2.24) is 19.9 Å². The minimum atomic E-state index is -0.269. The maximum absolute atomic E-state index is 15.2. The lowest BCUT2D eigenvalue weighted by molar-refractivity contribution is 0.197. The molecule has 0 aliphatic carbocycles. The zero-order chi connectivity index (χ0) is 21.4. The molecule has 3 heterocycles. The maximum Gasteiger partial charge on any atom is 0.187 e. The van der Waals surface area contributed by atoms with Gasteiger partial charge in [-0.15, -0.1) is 0 Å². The lowest BCUT2D eigenvalue weighted by atomic mass is 9.91. The molecule has 0 spiro atoms. The van der Waals surface area contributed by atoms with E-state index in [9.17, 15) is 0 Å². The van der Waals surface area contributed by atoms with E-state index in [-0.39, 0.29) is 11.9 Å². The molecule has 1 aliphatic rings. The van der Waals surface area contributed by atoms with E-state index in [1.54, 1.807) is 7.11 Å². The number of aromatic nitrogens is 3. The van der Waals surface area contributed by atoms with Crippen molar-refractivity contribution in [3.8, 4) is 5.75 Å². The monoisotopic (exact) mass is 434 g/mol. The first-order valence-corrected chi connectivity index (χ1v) is 11.4. The Morgan fingerprint density at radius 2 is 2.00 bits per heavy atom. The molecule has 0 bridgehead atoms. The fraction of sp³-hybridized carbons (Fsp3) is 0.250. The molecule has 7 heteroatoms. The average Bonchev–Trinajstić information content (AvgIpc) is 3.18. The van der Waals surface area contributed by atoms with E-state index in [0.717, 1.165) is 34.9 Å². The van der Waals surface area contributed by atoms with Crippen molar-refractivity contribution in [3.63, 3.8) is 0 Å². The molecule has 5 rings (SSSR count). The van der Waals surface area contributed by atoms with Gasteiger partial charge in [0.05, 0.1) is 13.2 Å². The first kappa shape index (κ1) is 20.0. The summed E-state index contributed by atoms with van der Waals surface area (Å²) in [7, 11) is 1.55. The summed E-state index contributed by atoms with van der Waals surface area (Å²) in [6, 6.07) is 13.2. The minimum absolute atomic E-state index is 0.234. The predicted molar refractivity (Wildman–Crippen MR) is 121 cm³/mol. The Bertz CT molecular complexity index is 1220.